The average Bonchev–Trinajstić information content (AvgIpc) is 3.33. The molecule has 2 aromatic carbocycles. The number of furan rings is 1. The van der Waals surface area contributed by atoms with Gasteiger partial charge in [-0.2, -0.15) is 5.10 Å². The summed E-state index contributed by atoms with van der Waals surface area (Å²) in [5.74, 6) is 1.25. The molecule has 160 valence electrons. The number of carbonyl (C=O) groups excluding carboxylic acids is 1. The van der Waals surface area contributed by atoms with Crippen molar-refractivity contribution in [1.82, 2.24) is 10.3 Å². The van der Waals surface area contributed by atoms with Crippen molar-refractivity contribution in [1.29, 1.82) is 0 Å². The lowest BCUT2D eigenvalue weighted by Crippen LogP contribution is -2.46. The molecule has 31 heavy (non-hydrogen) atoms. The molecule has 0 aliphatic carbocycles. The highest BCUT2D eigenvalue weighted by molar-refractivity contribution is 5.94. The molecule has 1 saturated heterocycles. The van der Waals surface area contributed by atoms with E-state index in [0.29, 0.717) is 11.3 Å². The summed E-state index contributed by atoms with van der Waals surface area (Å²) in [7, 11) is 1.71. The summed E-state index contributed by atoms with van der Waals surface area (Å²) in [5.41, 5.74) is 5.41. The van der Waals surface area contributed by atoms with Crippen LogP contribution in [0.15, 0.2) is 76.4 Å². The van der Waals surface area contributed by atoms with E-state index in [-0.39, 0.29) is 5.91 Å². The van der Waals surface area contributed by atoms with Crippen molar-refractivity contribution in [3.8, 4) is 5.75 Å². The second-order valence-electron chi connectivity index (χ2n) is 7.35. The lowest BCUT2D eigenvalue weighted by molar-refractivity contribution is 0.0955. The van der Waals surface area contributed by atoms with Crippen LogP contribution in [0.4, 0.5) is 5.69 Å². The van der Waals surface area contributed by atoms with Gasteiger partial charge in [-0.05, 0) is 42.0 Å². The number of ether oxygens (including phenoxy) is 1. The van der Waals surface area contributed by atoms with E-state index in [9.17, 15) is 4.79 Å². The number of para-hydroxylation sites is 2. The Morgan fingerprint density at radius 3 is 2.55 bits per heavy atom. The van der Waals surface area contributed by atoms with Gasteiger partial charge in [0, 0.05) is 38.3 Å². The fourth-order valence-corrected chi connectivity index (χ4v) is 3.64. The number of hydrogen-bond acceptors (Lipinski definition) is 6. The zero-order valence-corrected chi connectivity index (χ0v) is 17.5. The fraction of sp³-hybridized carbons (Fsp3) is 0.250. The monoisotopic (exact) mass is 418 g/mol. The van der Waals surface area contributed by atoms with Gasteiger partial charge in [-0.1, -0.05) is 24.3 Å². The molecule has 1 aliphatic heterocycles. The Kier molecular flexibility index (Phi) is 6.64. The minimum absolute atomic E-state index is 0.250. The summed E-state index contributed by atoms with van der Waals surface area (Å²) >= 11 is 0. The molecule has 1 N–H and O–H groups in total. The molecule has 0 unspecified atom stereocenters. The molecule has 2 heterocycles. The number of methoxy groups -OCH3 is 1. The van der Waals surface area contributed by atoms with Gasteiger partial charge >= 0.3 is 0 Å². The summed E-state index contributed by atoms with van der Waals surface area (Å²) in [5, 5.41) is 3.91. The highest BCUT2D eigenvalue weighted by Gasteiger charge is 2.19. The van der Waals surface area contributed by atoms with E-state index in [1.165, 1.54) is 11.8 Å². The largest absolute Gasteiger partial charge is 0.495 e. The number of nitrogens with zero attached hydrogens (tertiary/aromatic N) is 3. The van der Waals surface area contributed by atoms with Crippen LogP contribution in [0.5, 0.6) is 5.75 Å². The Morgan fingerprint density at radius 1 is 1.06 bits per heavy atom. The van der Waals surface area contributed by atoms with Crippen LogP contribution >= 0.6 is 0 Å². The number of hydrazone groups is 1. The number of carbonyl (C=O) groups is 1. The fourth-order valence-electron chi connectivity index (χ4n) is 3.64. The van der Waals surface area contributed by atoms with Gasteiger partial charge < -0.3 is 14.1 Å². The van der Waals surface area contributed by atoms with Crippen molar-refractivity contribution in [2.75, 3.05) is 38.2 Å². The van der Waals surface area contributed by atoms with Gasteiger partial charge in [0.05, 0.1) is 25.3 Å². The molecule has 3 aromatic rings. The molecular weight excluding hydrogens is 392 g/mol. The second kappa shape index (κ2) is 9.95. The number of piperazine rings is 1. The van der Waals surface area contributed by atoms with Crippen molar-refractivity contribution in [3.63, 3.8) is 0 Å². The molecule has 1 aliphatic rings. The highest BCUT2D eigenvalue weighted by Crippen LogP contribution is 2.28. The Bertz CT molecular complexity index is 1010. The number of hydrogen-bond donors (Lipinski definition) is 1. The van der Waals surface area contributed by atoms with Crippen LogP contribution in [0.3, 0.4) is 0 Å². The van der Waals surface area contributed by atoms with Gasteiger partial charge in [0.15, 0.2) is 0 Å². The first-order valence-electron chi connectivity index (χ1n) is 10.3. The maximum Gasteiger partial charge on any atom is 0.271 e. The molecule has 7 heteroatoms. The lowest BCUT2D eigenvalue weighted by Gasteiger charge is -2.36. The zero-order chi connectivity index (χ0) is 21.5. The third-order valence-corrected chi connectivity index (χ3v) is 5.32. The maximum absolute atomic E-state index is 12.2. The van der Waals surface area contributed by atoms with Crippen LogP contribution in [-0.4, -0.2) is 50.3 Å². The predicted molar refractivity (Wildman–Crippen MR) is 121 cm³/mol. The molecule has 4 rings (SSSR count). The molecule has 0 bridgehead atoms. The van der Waals surface area contributed by atoms with Crippen molar-refractivity contribution >= 4 is 17.8 Å². The van der Waals surface area contributed by atoms with E-state index >= 15 is 0 Å². The Hall–Kier alpha value is -3.58. The molecule has 1 fully saturated rings. The van der Waals surface area contributed by atoms with Crippen LogP contribution in [0.25, 0.3) is 0 Å². The minimum atomic E-state index is -0.250. The topological polar surface area (TPSA) is 70.3 Å². The molecule has 1 aromatic heterocycles. The number of amides is 1. The Morgan fingerprint density at radius 2 is 1.84 bits per heavy atom. The third-order valence-electron chi connectivity index (χ3n) is 5.32. The molecule has 7 nitrogen and oxygen atoms in total. The molecule has 0 radical (unpaired) electrons. The van der Waals surface area contributed by atoms with Crippen molar-refractivity contribution in [2.24, 2.45) is 5.10 Å². The first-order chi connectivity index (χ1) is 15.2. The lowest BCUT2D eigenvalue weighted by atomic mass is 10.1. The molecule has 1 amide bonds. The van der Waals surface area contributed by atoms with Gasteiger partial charge in [-0.15, -0.1) is 0 Å². The standard InChI is InChI=1S/C24H26N4O3/c1-30-23-7-3-2-6-22(23)28-14-12-27(13-15-28)18-19-8-10-20(11-9-19)24(29)26-25-17-21-5-4-16-31-21/h2-11,16-17H,12-15,18H2,1H3,(H,26,29)/b25-17-. The van der Waals surface area contributed by atoms with Crippen LogP contribution in [0.2, 0.25) is 0 Å². The molecule has 0 saturated carbocycles. The molecule has 0 spiro atoms. The highest BCUT2D eigenvalue weighted by atomic mass is 16.5. The summed E-state index contributed by atoms with van der Waals surface area (Å²) in [6.07, 6.45) is 3.03. The third kappa shape index (κ3) is 5.32. The van der Waals surface area contributed by atoms with Gasteiger partial charge in [-0.3, -0.25) is 9.69 Å². The predicted octanol–water partition coefficient (Wildman–Crippen LogP) is 3.37. The van der Waals surface area contributed by atoms with Crippen LogP contribution < -0.4 is 15.1 Å². The van der Waals surface area contributed by atoms with Crippen molar-refractivity contribution < 1.29 is 13.9 Å². The first-order valence-corrected chi connectivity index (χ1v) is 10.3. The van der Waals surface area contributed by atoms with E-state index in [1.807, 2.05) is 42.5 Å². The van der Waals surface area contributed by atoms with Crippen molar-refractivity contribution in [3.05, 3.63) is 83.8 Å². The number of nitrogens with one attached hydrogen (secondary N) is 1. The van der Waals surface area contributed by atoms with Crippen LogP contribution in [0.1, 0.15) is 21.7 Å². The normalized spacial score (nSPS) is 14.7. The zero-order valence-electron chi connectivity index (χ0n) is 17.5. The molecule has 0 atom stereocenters. The number of anilines is 1. The maximum atomic E-state index is 12.2. The average molecular weight is 418 g/mol. The minimum Gasteiger partial charge on any atom is -0.495 e. The summed E-state index contributed by atoms with van der Waals surface area (Å²) < 4.78 is 10.6. The van der Waals surface area contributed by atoms with E-state index in [4.69, 9.17) is 9.15 Å². The van der Waals surface area contributed by atoms with E-state index in [2.05, 4.69) is 26.4 Å². The Balaban J connectivity index is 1.27. The van der Waals surface area contributed by atoms with E-state index < -0.39 is 0 Å². The molecular formula is C24H26N4O3. The summed E-state index contributed by atoms with van der Waals surface area (Å²) in [4.78, 5) is 17.0. The first kappa shape index (κ1) is 20.7. The summed E-state index contributed by atoms with van der Waals surface area (Å²) in [6, 6.07) is 19.3. The van der Waals surface area contributed by atoms with E-state index in [1.54, 1.807) is 25.5 Å². The van der Waals surface area contributed by atoms with Crippen LogP contribution in [0, 0.1) is 0 Å². The SMILES string of the molecule is COc1ccccc1N1CCN(Cc2ccc(C(=O)N/N=C\c3ccco3)cc2)CC1. The Labute approximate surface area is 181 Å². The van der Waals surface area contributed by atoms with Gasteiger partial charge in [0.2, 0.25) is 0 Å². The van der Waals surface area contributed by atoms with Gasteiger partial charge in [0.1, 0.15) is 11.5 Å². The quantitative estimate of drug-likeness (QED) is 0.471. The number of benzene rings is 2. The summed E-state index contributed by atoms with van der Waals surface area (Å²) in [6.45, 7) is 4.71. The van der Waals surface area contributed by atoms with E-state index in [0.717, 1.165) is 44.2 Å². The van der Waals surface area contributed by atoms with Gasteiger partial charge in [-0.25, -0.2) is 5.43 Å². The second-order valence-corrected chi connectivity index (χ2v) is 7.35. The van der Waals surface area contributed by atoms with Crippen molar-refractivity contribution in [2.45, 2.75) is 6.54 Å². The van der Waals surface area contributed by atoms with Gasteiger partial charge in [0.25, 0.3) is 5.91 Å². The number of rotatable bonds is 7. The smallest absolute Gasteiger partial charge is 0.271 e. The van der Waals surface area contributed by atoms with Crippen LogP contribution in [-0.2, 0) is 6.54 Å².